The molecular formula is C13H22N8. The molecule has 0 aliphatic carbocycles. The molecule has 0 radical (unpaired) electrons. The lowest BCUT2D eigenvalue weighted by Crippen LogP contribution is -2.32. The van der Waals surface area contributed by atoms with E-state index in [1.165, 1.54) is 11.1 Å². The van der Waals surface area contributed by atoms with E-state index in [-0.39, 0.29) is 0 Å². The lowest BCUT2D eigenvalue weighted by Gasteiger charge is -2.22. The fourth-order valence-electron chi connectivity index (χ4n) is 2.71. The summed E-state index contributed by atoms with van der Waals surface area (Å²) in [5, 5.41) is 15.8. The average molecular weight is 290 g/mol. The van der Waals surface area contributed by atoms with E-state index in [0.29, 0.717) is 5.65 Å². The zero-order valence-corrected chi connectivity index (χ0v) is 12.2. The zero-order chi connectivity index (χ0) is 14.5. The summed E-state index contributed by atoms with van der Waals surface area (Å²) in [6.07, 6.45) is 3.45. The second-order valence-corrected chi connectivity index (χ2v) is 5.40. The molecule has 0 saturated carbocycles. The summed E-state index contributed by atoms with van der Waals surface area (Å²) in [4.78, 5) is 4.83. The van der Waals surface area contributed by atoms with Crippen LogP contribution in [-0.4, -0.2) is 69.4 Å². The van der Waals surface area contributed by atoms with Crippen LogP contribution >= 0.6 is 0 Å². The Hall–Kier alpha value is -1.80. The fraction of sp³-hybridized carbons (Fsp3) is 0.692. The first kappa shape index (κ1) is 14.2. The second kappa shape index (κ2) is 6.77. The van der Waals surface area contributed by atoms with Crippen LogP contribution in [0, 0.1) is 0 Å². The van der Waals surface area contributed by atoms with Gasteiger partial charge in [0, 0.05) is 19.6 Å². The molecule has 2 N–H and O–H groups in total. The number of nitrogens with two attached hydrogens (primary N) is 1. The number of nitrogens with zero attached hydrogens (tertiary/aromatic N) is 7. The van der Waals surface area contributed by atoms with Crippen molar-refractivity contribution in [2.75, 3.05) is 44.2 Å². The molecule has 1 fully saturated rings. The Kier molecular flexibility index (Phi) is 4.56. The van der Waals surface area contributed by atoms with Gasteiger partial charge < -0.3 is 15.5 Å². The normalized spacial score (nSPS) is 17.3. The first-order valence-electron chi connectivity index (χ1n) is 7.59. The summed E-state index contributed by atoms with van der Waals surface area (Å²) in [5.74, 6) is 0.943. The highest BCUT2D eigenvalue weighted by molar-refractivity contribution is 5.44. The van der Waals surface area contributed by atoms with Gasteiger partial charge in [-0.05, 0) is 61.5 Å². The number of tetrazole rings is 1. The average Bonchev–Trinajstić information content (AvgIpc) is 2.85. The van der Waals surface area contributed by atoms with Crippen LogP contribution in [0.3, 0.4) is 0 Å². The van der Waals surface area contributed by atoms with E-state index in [9.17, 15) is 0 Å². The number of hydrogen-bond donors (Lipinski definition) is 1. The smallest absolute Gasteiger partial charge is 0.200 e. The Bertz CT molecular complexity index is 568. The van der Waals surface area contributed by atoms with Crippen LogP contribution in [0.4, 0.5) is 5.82 Å². The van der Waals surface area contributed by atoms with E-state index in [1.54, 1.807) is 0 Å². The maximum Gasteiger partial charge on any atom is 0.200 e. The third kappa shape index (κ3) is 3.45. The standard InChI is InChI=1S/C13H22N8/c14-6-1-2-7-19-8-3-9-20(11-10-19)13-5-4-12-15-17-18-21(12)16-13/h4-5H,1-3,6-11,14H2. The van der Waals surface area contributed by atoms with Crippen LogP contribution in [0.5, 0.6) is 0 Å². The highest BCUT2D eigenvalue weighted by atomic mass is 15.6. The van der Waals surface area contributed by atoms with Crippen molar-refractivity contribution in [1.29, 1.82) is 0 Å². The maximum absolute atomic E-state index is 5.56. The van der Waals surface area contributed by atoms with Crippen LogP contribution in [0.1, 0.15) is 19.3 Å². The van der Waals surface area contributed by atoms with Gasteiger partial charge in [-0.25, -0.2) is 0 Å². The summed E-state index contributed by atoms with van der Waals surface area (Å²) < 4.78 is 1.49. The third-order valence-electron chi connectivity index (χ3n) is 3.90. The molecule has 0 amide bonds. The monoisotopic (exact) mass is 290 g/mol. The van der Waals surface area contributed by atoms with Crippen LogP contribution in [-0.2, 0) is 0 Å². The second-order valence-electron chi connectivity index (χ2n) is 5.40. The molecule has 2 aromatic rings. The number of unbranched alkanes of at least 4 members (excludes halogenated alkanes) is 1. The Morgan fingerprint density at radius 1 is 1.10 bits per heavy atom. The van der Waals surface area contributed by atoms with Gasteiger partial charge in [-0.15, -0.1) is 14.8 Å². The van der Waals surface area contributed by atoms with Gasteiger partial charge in [-0.1, -0.05) is 0 Å². The molecule has 0 spiro atoms. The van der Waals surface area contributed by atoms with Gasteiger partial charge in [-0.2, -0.15) is 0 Å². The molecule has 114 valence electrons. The van der Waals surface area contributed by atoms with Gasteiger partial charge in [0.2, 0.25) is 0 Å². The first-order chi connectivity index (χ1) is 10.4. The van der Waals surface area contributed by atoms with Gasteiger partial charge in [-0.3, -0.25) is 0 Å². The van der Waals surface area contributed by atoms with Crippen LogP contribution in [0.25, 0.3) is 5.65 Å². The topological polar surface area (TPSA) is 88.5 Å². The van der Waals surface area contributed by atoms with Crippen molar-refractivity contribution in [3.63, 3.8) is 0 Å². The first-order valence-corrected chi connectivity index (χ1v) is 7.59. The molecule has 0 atom stereocenters. The van der Waals surface area contributed by atoms with Gasteiger partial charge in [0.1, 0.15) is 0 Å². The van der Waals surface area contributed by atoms with Crippen molar-refractivity contribution in [2.45, 2.75) is 19.3 Å². The number of aromatic nitrogens is 5. The van der Waals surface area contributed by atoms with Crippen molar-refractivity contribution in [3.8, 4) is 0 Å². The molecule has 8 heteroatoms. The predicted molar refractivity (Wildman–Crippen MR) is 80.1 cm³/mol. The lowest BCUT2D eigenvalue weighted by atomic mass is 10.3. The molecule has 1 aliphatic heterocycles. The molecular weight excluding hydrogens is 268 g/mol. The summed E-state index contributed by atoms with van der Waals surface area (Å²) in [7, 11) is 0. The molecule has 0 bridgehead atoms. The summed E-state index contributed by atoms with van der Waals surface area (Å²) in [6, 6.07) is 3.90. The van der Waals surface area contributed by atoms with E-state index >= 15 is 0 Å². The predicted octanol–water partition coefficient (Wildman–Crippen LogP) is -0.230. The largest absolute Gasteiger partial charge is 0.354 e. The van der Waals surface area contributed by atoms with E-state index in [2.05, 4.69) is 30.4 Å². The number of anilines is 1. The highest BCUT2D eigenvalue weighted by Gasteiger charge is 2.16. The maximum atomic E-state index is 5.56. The van der Waals surface area contributed by atoms with E-state index in [0.717, 1.165) is 57.9 Å². The quantitative estimate of drug-likeness (QED) is 0.761. The molecule has 2 aromatic heterocycles. The van der Waals surface area contributed by atoms with Crippen LogP contribution in [0.15, 0.2) is 12.1 Å². The van der Waals surface area contributed by atoms with Gasteiger partial charge in [0.05, 0.1) is 0 Å². The number of fused-ring (bicyclic) bond motifs is 1. The Morgan fingerprint density at radius 3 is 2.95 bits per heavy atom. The summed E-state index contributed by atoms with van der Waals surface area (Å²) in [5.41, 5.74) is 6.23. The minimum absolute atomic E-state index is 0.678. The number of hydrogen-bond acceptors (Lipinski definition) is 7. The van der Waals surface area contributed by atoms with Gasteiger partial charge in [0.15, 0.2) is 11.5 Å². The van der Waals surface area contributed by atoms with E-state index < -0.39 is 0 Å². The van der Waals surface area contributed by atoms with Crippen molar-refractivity contribution in [2.24, 2.45) is 5.73 Å². The SMILES string of the molecule is NCCCCN1CCCN(c2ccc3nnnn3n2)CC1. The molecule has 21 heavy (non-hydrogen) atoms. The van der Waals surface area contributed by atoms with E-state index in [4.69, 9.17) is 5.73 Å². The Labute approximate surface area is 123 Å². The van der Waals surface area contributed by atoms with Crippen molar-refractivity contribution >= 4 is 11.5 Å². The Balaban J connectivity index is 1.61. The lowest BCUT2D eigenvalue weighted by molar-refractivity contribution is 0.288. The molecule has 1 aliphatic rings. The molecule has 0 aromatic carbocycles. The third-order valence-corrected chi connectivity index (χ3v) is 3.90. The highest BCUT2D eigenvalue weighted by Crippen LogP contribution is 2.14. The summed E-state index contributed by atoms with van der Waals surface area (Å²) in [6.45, 7) is 6.16. The van der Waals surface area contributed by atoms with Crippen LogP contribution < -0.4 is 10.6 Å². The van der Waals surface area contributed by atoms with E-state index in [1.807, 2.05) is 12.1 Å². The zero-order valence-electron chi connectivity index (χ0n) is 12.2. The van der Waals surface area contributed by atoms with Crippen molar-refractivity contribution < 1.29 is 0 Å². The molecule has 8 nitrogen and oxygen atoms in total. The van der Waals surface area contributed by atoms with Gasteiger partial charge >= 0.3 is 0 Å². The van der Waals surface area contributed by atoms with Crippen molar-refractivity contribution in [3.05, 3.63) is 12.1 Å². The fourth-order valence-corrected chi connectivity index (χ4v) is 2.71. The van der Waals surface area contributed by atoms with Crippen LogP contribution in [0.2, 0.25) is 0 Å². The summed E-state index contributed by atoms with van der Waals surface area (Å²) >= 11 is 0. The Morgan fingerprint density at radius 2 is 2.05 bits per heavy atom. The van der Waals surface area contributed by atoms with Crippen molar-refractivity contribution in [1.82, 2.24) is 30.2 Å². The minimum Gasteiger partial charge on any atom is -0.354 e. The molecule has 0 unspecified atom stereocenters. The number of rotatable bonds is 5. The van der Waals surface area contributed by atoms with Gasteiger partial charge in [0.25, 0.3) is 0 Å². The molecule has 1 saturated heterocycles. The molecule has 3 rings (SSSR count). The minimum atomic E-state index is 0.678. The molecule has 3 heterocycles.